The molecule has 0 bridgehead atoms. The highest BCUT2D eigenvalue weighted by Gasteiger charge is 2.33. The molecule has 1 aliphatic rings. The molecule has 0 unspecified atom stereocenters. The van der Waals surface area contributed by atoms with Crippen molar-refractivity contribution in [3.8, 4) is 5.75 Å². The van der Waals surface area contributed by atoms with E-state index in [0.29, 0.717) is 49.4 Å². The fourth-order valence-electron chi connectivity index (χ4n) is 5.59. The van der Waals surface area contributed by atoms with Crippen LogP contribution in [0.4, 0.5) is 5.69 Å². The molecule has 0 radical (unpaired) electrons. The molecule has 0 heterocycles. The standard InChI is InChI=1S/C18H32N4O10.C17H14N2O4/c1-2-19(9-14(23)24)3-4-20(10-15(25)26)5-6-21(11-16(27)28)7-8-22(12-17(29)30)13-18(31)32;20-9-18-7-8-19-12-5-6-13(21)15-14(12)16(22)10-3-1-2-4-11(10)17(15)23/h2-13H2,1H3,(H,23,24)(H,25,26)(H,27,28)(H,29,30)(H,31,32);1-6,9,19,21H,7-8H2,(H,18,20). The lowest BCUT2D eigenvalue weighted by Crippen LogP contribution is -2.46. The van der Waals surface area contributed by atoms with E-state index in [1.807, 2.05) is 0 Å². The van der Waals surface area contributed by atoms with Crippen LogP contribution in [0.5, 0.6) is 5.75 Å². The molecule has 0 aromatic heterocycles. The van der Waals surface area contributed by atoms with Gasteiger partial charge in [0.2, 0.25) is 6.41 Å². The number of phenols is 1. The first-order valence-electron chi connectivity index (χ1n) is 17.0. The van der Waals surface area contributed by atoms with E-state index in [4.69, 9.17) is 25.5 Å². The number of phenolic OH excluding ortho intramolecular Hbond substituents is 1. The number of ketones is 2. The Kier molecular flexibility index (Phi) is 18.9. The lowest BCUT2D eigenvalue weighted by molar-refractivity contribution is -0.143. The van der Waals surface area contributed by atoms with Crippen molar-refractivity contribution in [1.82, 2.24) is 24.9 Å². The summed E-state index contributed by atoms with van der Waals surface area (Å²) in [7, 11) is 0. The van der Waals surface area contributed by atoms with Gasteiger partial charge in [-0.15, -0.1) is 0 Å². The number of hydrogen-bond acceptors (Lipinski definition) is 14. The fourth-order valence-corrected chi connectivity index (χ4v) is 5.59. The molecule has 0 spiro atoms. The van der Waals surface area contributed by atoms with Gasteiger partial charge in [0.25, 0.3) is 0 Å². The van der Waals surface area contributed by atoms with Crippen molar-refractivity contribution in [2.24, 2.45) is 0 Å². The van der Waals surface area contributed by atoms with E-state index in [1.165, 1.54) is 11.0 Å². The van der Waals surface area contributed by atoms with E-state index < -0.39 is 49.5 Å². The largest absolute Gasteiger partial charge is 0.507 e. The van der Waals surface area contributed by atoms with Gasteiger partial charge < -0.3 is 41.3 Å². The maximum atomic E-state index is 12.7. The van der Waals surface area contributed by atoms with E-state index in [2.05, 4.69) is 10.6 Å². The van der Waals surface area contributed by atoms with E-state index in [9.17, 15) is 43.5 Å². The van der Waals surface area contributed by atoms with Crippen LogP contribution in [0.15, 0.2) is 36.4 Å². The van der Waals surface area contributed by atoms with Gasteiger partial charge in [-0.1, -0.05) is 31.2 Å². The third kappa shape index (κ3) is 15.5. The highest BCUT2D eigenvalue weighted by molar-refractivity contribution is 6.31. The van der Waals surface area contributed by atoms with Crippen molar-refractivity contribution in [3.63, 3.8) is 0 Å². The number of fused-ring (bicyclic) bond motifs is 2. The first-order chi connectivity index (χ1) is 26.1. The number of anilines is 1. The monoisotopic (exact) mass is 774 g/mol. The van der Waals surface area contributed by atoms with Gasteiger partial charge in [0.1, 0.15) is 5.75 Å². The molecule has 0 atom stereocenters. The number of aliphatic carboxylic acids is 5. The third-order valence-corrected chi connectivity index (χ3v) is 8.16. The predicted molar refractivity (Wildman–Crippen MR) is 194 cm³/mol. The molecule has 0 saturated carbocycles. The van der Waals surface area contributed by atoms with Crippen LogP contribution in [0.25, 0.3) is 0 Å². The number of hydrogen-bond donors (Lipinski definition) is 8. The molecule has 20 nitrogen and oxygen atoms in total. The SMILES string of the molecule is CCN(CCN(CCN(CCN(CC(=O)O)CC(=O)O)CC(=O)O)CC(=O)O)CC(=O)O.O=CNCCNc1ccc(O)c2c1C(=O)c1ccccc1C2=O. The summed E-state index contributed by atoms with van der Waals surface area (Å²) in [6.45, 7) is 1.97. The quantitative estimate of drug-likeness (QED) is 0.0290. The first kappa shape index (κ1) is 45.2. The number of likely N-dealkylation sites (N-methyl/N-ethyl adjacent to an activating group) is 1. The molecule has 300 valence electrons. The van der Waals surface area contributed by atoms with Gasteiger partial charge in [0, 0.05) is 69.2 Å². The van der Waals surface area contributed by atoms with Gasteiger partial charge in [-0.25, -0.2) is 0 Å². The fraction of sp³-hybridized carbons (Fsp3) is 0.429. The number of benzene rings is 2. The van der Waals surface area contributed by atoms with Gasteiger partial charge in [0.05, 0.1) is 43.9 Å². The summed E-state index contributed by atoms with van der Waals surface area (Å²) < 4.78 is 0. The predicted octanol–water partition coefficient (Wildman–Crippen LogP) is -1.04. The molecule has 0 fully saturated rings. The number of aromatic hydroxyl groups is 1. The van der Waals surface area contributed by atoms with E-state index in [0.717, 1.165) is 4.90 Å². The number of amides is 1. The second-order valence-electron chi connectivity index (χ2n) is 12.2. The van der Waals surface area contributed by atoms with Crippen LogP contribution in [0.1, 0.15) is 38.8 Å². The summed E-state index contributed by atoms with van der Waals surface area (Å²) >= 11 is 0. The molecular weight excluding hydrogens is 728 g/mol. The molecule has 20 heteroatoms. The van der Waals surface area contributed by atoms with Crippen molar-refractivity contribution in [3.05, 3.63) is 58.7 Å². The zero-order chi connectivity index (χ0) is 41.1. The Bertz CT molecular complexity index is 1690. The number of carbonyl (C=O) groups excluding carboxylic acids is 3. The highest BCUT2D eigenvalue weighted by Crippen LogP contribution is 2.36. The van der Waals surface area contributed by atoms with E-state index in [-0.39, 0.29) is 74.3 Å². The van der Waals surface area contributed by atoms with E-state index >= 15 is 0 Å². The maximum absolute atomic E-state index is 12.7. The zero-order valence-electron chi connectivity index (χ0n) is 30.2. The minimum Gasteiger partial charge on any atom is -0.507 e. The lowest BCUT2D eigenvalue weighted by Gasteiger charge is -2.29. The molecule has 1 amide bonds. The first-order valence-corrected chi connectivity index (χ1v) is 17.0. The molecule has 2 aromatic rings. The number of carboxylic acid groups (broad SMARTS) is 5. The topological polar surface area (TPSA) is 295 Å². The molecule has 55 heavy (non-hydrogen) atoms. The van der Waals surface area contributed by atoms with Crippen LogP contribution in [0.3, 0.4) is 0 Å². The molecule has 0 saturated heterocycles. The number of rotatable bonds is 25. The minimum atomic E-state index is -1.22. The zero-order valence-corrected chi connectivity index (χ0v) is 30.2. The van der Waals surface area contributed by atoms with Gasteiger partial charge in [0.15, 0.2) is 11.6 Å². The van der Waals surface area contributed by atoms with Crippen LogP contribution in [-0.4, -0.2) is 190 Å². The average Bonchev–Trinajstić information content (AvgIpc) is 3.11. The van der Waals surface area contributed by atoms with Crippen LogP contribution in [0, 0.1) is 0 Å². The van der Waals surface area contributed by atoms with Crippen LogP contribution in [-0.2, 0) is 28.8 Å². The van der Waals surface area contributed by atoms with Crippen molar-refractivity contribution in [2.45, 2.75) is 6.92 Å². The van der Waals surface area contributed by atoms with Gasteiger partial charge in [-0.3, -0.25) is 58.0 Å². The molecule has 2 aromatic carbocycles. The maximum Gasteiger partial charge on any atom is 0.317 e. The Morgan fingerprint density at radius 1 is 0.582 bits per heavy atom. The smallest absolute Gasteiger partial charge is 0.317 e. The number of nitrogens with zero attached hydrogens (tertiary/aromatic N) is 4. The normalized spacial score (nSPS) is 11.8. The number of nitrogens with one attached hydrogen (secondary N) is 2. The molecule has 1 aliphatic carbocycles. The van der Waals surface area contributed by atoms with Gasteiger partial charge in [-0.2, -0.15) is 0 Å². The number of carbonyl (C=O) groups is 8. The second-order valence-corrected chi connectivity index (χ2v) is 12.2. The summed E-state index contributed by atoms with van der Waals surface area (Å²) in [5.74, 6) is -6.57. The Morgan fingerprint density at radius 3 is 1.42 bits per heavy atom. The van der Waals surface area contributed by atoms with Gasteiger partial charge >= 0.3 is 29.8 Å². The van der Waals surface area contributed by atoms with Crippen LogP contribution >= 0.6 is 0 Å². The van der Waals surface area contributed by atoms with Crippen LogP contribution < -0.4 is 10.6 Å². The van der Waals surface area contributed by atoms with Crippen molar-refractivity contribution in [1.29, 1.82) is 0 Å². The van der Waals surface area contributed by atoms with Crippen molar-refractivity contribution < 1.29 is 69.0 Å². The Balaban J connectivity index is 0.000000397. The summed E-state index contributed by atoms with van der Waals surface area (Å²) in [4.78, 5) is 96.4. The van der Waals surface area contributed by atoms with Crippen molar-refractivity contribution in [2.75, 3.05) is 96.9 Å². The molecule has 0 aliphatic heterocycles. The molecular formula is C35H46N6O14. The van der Waals surface area contributed by atoms with Gasteiger partial charge in [-0.05, 0) is 18.7 Å². The third-order valence-electron chi connectivity index (χ3n) is 8.16. The average molecular weight is 775 g/mol. The summed E-state index contributed by atoms with van der Waals surface area (Å²) in [5, 5.41) is 60.5. The summed E-state index contributed by atoms with van der Waals surface area (Å²) in [6, 6.07) is 9.48. The van der Waals surface area contributed by atoms with Crippen LogP contribution in [0.2, 0.25) is 0 Å². The summed E-state index contributed by atoms with van der Waals surface area (Å²) in [6.07, 6.45) is 0.582. The minimum absolute atomic E-state index is 0.00691. The Hall–Kier alpha value is -5.96. The van der Waals surface area contributed by atoms with E-state index in [1.54, 1.807) is 47.1 Å². The molecule has 3 rings (SSSR count). The summed E-state index contributed by atoms with van der Waals surface area (Å²) in [5.41, 5.74) is 1.25. The second kappa shape index (κ2) is 23.0. The highest BCUT2D eigenvalue weighted by atomic mass is 16.4. The Morgan fingerprint density at radius 2 is 0.982 bits per heavy atom. The lowest BCUT2D eigenvalue weighted by atomic mass is 9.82. The Labute approximate surface area is 315 Å². The number of carboxylic acids is 5. The van der Waals surface area contributed by atoms with Crippen molar-refractivity contribution >= 4 is 53.5 Å². The molecule has 8 N–H and O–H groups in total.